The minimum atomic E-state index is -0.710. The molecule has 4 heteroatoms. The second kappa shape index (κ2) is 6.20. The Labute approximate surface area is 120 Å². The summed E-state index contributed by atoms with van der Waals surface area (Å²) in [6, 6.07) is 11.9. The van der Waals surface area contributed by atoms with Crippen molar-refractivity contribution in [3.05, 3.63) is 42.2 Å². The molecule has 1 aromatic carbocycles. The predicted molar refractivity (Wildman–Crippen MR) is 79.2 cm³/mol. The molecule has 2 rings (SSSR count). The molecule has 108 valence electrons. The number of hydrogen-bond acceptors (Lipinski definition) is 4. The predicted octanol–water partition coefficient (Wildman–Crippen LogP) is 2.93. The molecule has 0 unspecified atom stereocenters. The van der Waals surface area contributed by atoms with Crippen LogP contribution < -0.4 is 0 Å². The standard InChI is InChI=1S/C16H22N2O2/c1-4-18(12-16(2,3)19)11-14-10-15(17-20-14)13-8-6-5-7-9-13/h5-10,19H,4,11-12H2,1-3H3. The summed E-state index contributed by atoms with van der Waals surface area (Å²) in [5.41, 5.74) is 1.19. The molecule has 20 heavy (non-hydrogen) atoms. The van der Waals surface area contributed by atoms with Gasteiger partial charge in [-0.2, -0.15) is 0 Å². The van der Waals surface area contributed by atoms with Gasteiger partial charge < -0.3 is 9.63 Å². The summed E-state index contributed by atoms with van der Waals surface area (Å²) in [7, 11) is 0. The van der Waals surface area contributed by atoms with E-state index in [2.05, 4.69) is 17.0 Å². The van der Waals surface area contributed by atoms with Gasteiger partial charge in [0.25, 0.3) is 0 Å². The number of likely N-dealkylation sites (N-methyl/N-ethyl adjacent to an activating group) is 1. The van der Waals surface area contributed by atoms with Crippen molar-refractivity contribution < 1.29 is 9.63 Å². The summed E-state index contributed by atoms with van der Waals surface area (Å²) in [4.78, 5) is 2.13. The molecule has 1 N–H and O–H groups in total. The second-order valence-corrected chi connectivity index (χ2v) is 5.66. The Morgan fingerprint density at radius 3 is 2.55 bits per heavy atom. The molecule has 1 aromatic heterocycles. The van der Waals surface area contributed by atoms with Crippen molar-refractivity contribution in [1.29, 1.82) is 0 Å². The third kappa shape index (κ3) is 4.18. The number of aromatic nitrogens is 1. The molecule has 0 aliphatic carbocycles. The first-order valence-corrected chi connectivity index (χ1v) is 6.93. The molecule has 0 saturated carbocycles. The number of rotatable bonds is 6. The van der Waals surface area contributed by atoms with E-state index in [0.717, 1.165) is 23.6 Å². The lowest BCUT2D eigenvalue weighted by atomic mass is 10.1. The van der Waals surface area contributed by atoms with Crippen LogP contribution in [0.25, 0.3) is 11.3 Å². The van der Waals surface area contributed by atoms with Crippen molar-refractivity contribution in [3.63, 3.8) is 0 Å². The van der Waals surface area contributed by atoms with Crippen LogP contribution in [0.2, 0.25) is 0 Å². The quantitative estimate of drug-likeness (QED) is 0.880. The van der Waals surface area contributed by atoms with Crippen LogP contribution >= 0.6 is 0 Å². The summed E-state index contributed by atoms with van der Waals surface area (Å²) >= 11 is 0. The maximum atomic E-state index is 9.89. The van der Waals surface area contributed by atoms with E-state index in [0.29, 0.717) is 13.1 Å². The highest BCUT2D eigenvalue weighted by Gasteiger charge is 2.18. The molecule has 0 aliphatic rings. The van der Waals surface area contributed by atoms with Crippen LogP contribution in [0.4, 0.5) is 0 Å². The highest BCUT2D eigenvalue weighted by atomic mass is 16.5. The summed E-state index contributed by atoms with van der Waals surface area (Å²) in [5.74, 6) is 0.815. The van der Waals surface area contributed by atoms with Crippen LogP contribution in [0.3, 0.4) is 0 Å². The normalized spacial score (nSPS) is 12.1. The first kappa shape index (κ1) is 14.8. The molecule has 0 spiro atoms. The molecule has 4 nitrogen and oxygen atoms in total. The lowest BCUT2D eigenvalue weighted by Gasteiger charge is -2.26. The van der Waals surface area contributed by atoms with Gasteiger partial charge in [0.1, 0.15) is 5.69 Å². The van der Waals surface area contributed by atoms with Gasteiger partial charge in [0.15, 0.2) is 5.76 Å². The zero-order chi connectivity index (χ0) is 14.6. The average molecular weight is 274 g/mol. The van der Waals surface area contributed by atoms with Crippen molar-refractivity contribution in [3.8, 4) is 11.3 Å². The molecule has 0 aliphatic heterocycles. The van der Waals surface area contributed by atoms with Crippen LogP contribution in [0.1, 0.15) is 26.5 Å². The topological polar surface area (TPSA) is 49.5 Å². The van der Waals surface area contributed by atoms with E-state index in [-0.39, 0.29) is 0 Å². The van der Waals surface area contributed by atoms with Crippen LogP contribution in [0.15, 0.2) is 40.9 Å². The molecule has 0 atom stereocenters. The third-order valence-electron chi connectivity index (χ3n) is 3.07. The van der Waals surface area contributed by atoms with Crippen molar-refractivity contribution in [1.82, 2.24) is 10.1 Å². The van der Waals surface area contributed by atoms with Crippen LogP contribution in [-0.4, -0.2) is 33.9 Å². The van der Waals surface area contributed by atoms with Gasteiger partial charge >= 0.3 is 0 Å². The van der Waals surface area contributed by atoms with Crippen molar-refractivity contribution in [2.75, 3.05) is 13.1 Å². The SMILES string of the molecule is CCN(Cc1cc(-c2ccccc2)no1)CC(C)(C)O. The lowest BCUT2D eigenvalue weighted by Crippen LogP contribution is -2.38. The fourth-order valence-electron chi connectivity index (χ4n) is 2.18. The number of benzene rings is 1. The van der Waals surface area contributed by atoms with Gasteiger partial charge in [-0.1, -0.05) is 42.4 Å². The van der Waals surface area contributed by atoms with E-state index in [1.165, 1.54) is 0 Å². The van der Waals surface area contributed by atoms with Gasteiger partial charge in [-0.05, 0) is 20.4 Å². The molecular weight excluding hydrogens is 252 g/mol. The first-order chi connectivity index (χ1) is 9.48. The fraction of sp³-hybridized carbons (Fsp3) is 0.438. The smallest absolute Gasteiger partial charge is 0.151 e. The summed E-state index contributed by atoms with van der Waals surface area (Å²) < 4.78 is 5.39. The van der Waals surface area contributed by atoms with Crippen molar-refractivity contribution >= 4 is 0 Å². The van der Waals surface area contributed by atoms with Crippen LogP contribution in [0.5, 0.6) is 0 Å². The van der Waals surface area contributed by atoms with E-state index < -0.39 is 5.60 Å². The van der Waals surface area contributed by atoms with Gasteiger partial charge in [-0.3, -0.25) is 4.90 Å². The Balaban J connectivity index is 2.05. The lowest BCUT2D eigenvalue weighted by molar-refractivity contribution is 0.0328. The minimum absolute atomic E-state index is 0.602. The number of hydrogen-bond donors (Lipinski definition) is 1. The molecule has 0 radical (unpaired) electrons. The Morgan fingerprint density at radius 1 is 1.25 bits per heavy atom. The zero-order valence-electron chi connectivity index (χ0n) is 12.3. The molecule has 0 bridgehead atoms. The number of nitrogens with zero attached hydrogens (tertiary/aromatic N) is 2. The van der Waals surface area contributed by atoms with Crippen LogP contribution in [0, 0.1) is 0 Å². The zero-order valence-corrected chi connectivity index (χ0v) is 12.3. The number of aliphatic hydroxyl groups is 1. The van der Waals surface area contributed by atoms with E-state index >= 15 is 0 Å². The van der Waals surface area contributed by atoms with Crippen molar-refractivity contribution in [2.24, 2.45) is 0 Å². The first-order valence-electron chi connectivity index (χ1n) is 6.93. The molecule has 0 saturated heterocycles. The molecule has 0 fully saturated rings. The summed E-state index contributed by atoms with van der Waals surface area (Å²) in [6.07, 6.45) is 0. The second-order valence-electron chi connectivity index (χ2n) is 5.66. The minimum Gasteiger partial charge on any atom is -0.389 e. The summed E-state index contributed by atoms with van der Waals surface area (Å²) in [5, 5.41) is 14.0. The Hall–Kier alpha value is -1.65. The van der Waals surface area contributed by atoms with E-state index in [4.69, 9.17) is 4.52 Å². The van der Waals surface area contributed by atoms with Crippen molar-refractivity contribution in [2.45, 2.75) is 32.9 Å². The highest BCUT2D eigenvalue weighted by Crippen LogP contribution is 2.19. The van der Waals surface area contributed by atoms with E-state index in [9.17, 15) is 5.11 Å². The van der Waals surface area contributed by atoms with E-state index in [1.807, 2.05) is 50.2 Å². The van der Waals surface area contributed by atoms with E-state index in [1.54, 1.807) is 0 Å². The van der Waals surface area contributed by atoms with Gasteiger partial charge in [0.2, 0.25) is 0 Å². The molecule has 0 amide bonds. The van der Waals surface area contributed by atoms with Gasteiger partial charge in [0.05, 0.1) is 12.1 Å². The van der Waals surface area contributed by atoms with Gasteiger partial charge in [-0.25, -0.2) is 0 Å². The van der Waals surface area contributed by atoms with Crippen LogP contribution in [-0.2, 0) is 6.54 Å². The Bertz CT molecular complexity index is 529. The fourth-order valence-corrected chi connectivity index (χ4v) is 2.18. The largest absolute Gasteiger partial charge is 0.389 e. The Kier molecular flexibility index (Phi) is 4.57. The van der Waals surface area contributed by atoms with Gasteiger partial charge in [0, 0.05) is 18.2 Å². The highest BCUT2D eigenvalue weighted by molar-refractivity contribution is 5.58. The average Bonchev–Trinajstić information content (AvgIpc) is 2.86. The Morgan fingerprint density at radius 2 is 1.95 bits per heavy atom. The molecule has 1 heterocycles. The monoisotopic (exact) mass is 274 g/mol. The third-order valence-corrected chi connectivity index (χ3v) is 3.07. The maximum absolute atomic E-state index is 9.89. The molecular formula is C16H22N2O2. The summed E-state index contributed by atoms with van der Waals surface area (Å²) in [6.45, 7) is 7.80. The van der Waals surface area contributed by atoms with Gasteiger partial charge in [-0.15, -0.1) is 0 Å². The molecule has 2 aromatic rings. The maximum Gasteiger partial charge on any atom is 0.151 e.